The van der Waals surface area contributed by atoms with Crippen LogP contribution in [0.4, 0.5) is 0 Å². The van der Waals surface area contributed by atoms with Gasteiger partial charge in [0.2, 0.25) is 0 Å². The van der Waals surface area contributed by atoms with Crippen molar-refractivity contribution in [2.75, 3.05) is 20.1 Å². The van der Waals surface area contributed by atoms with Crippen LogP contribution in [0, 0.1) is 0 Å². The molecule has 0 bridgehead atoms. The highest BCUT2D eigenvalue weighted by Crippen LogP contribution is 2.27. The summed E-state index contributed by atoms with van der Waals surface area (Å²) in [6, 6.07) is 17.7. The molecule has 1 aliphatic rings. The maximum atomic E-state index is 13.7. The van der Waals surface area contributed by atoms with Crippen LogP contribution in [0.1, 0.15) is 63.5 Å². The average Bonchev–Trinajstić information content (AvgIpc) is 2.83. The van der Waals surface area contributed by atoms with Crippen molar-refractivity contribution in [3.63, 3.8) is 0 Å². The fourth-order valence-electron chi connectivity index (χ4n) is 5.58. The fraction of sp³-hybridized carbons (Fsp3) is 0.517. The van der Waals surface area contributed by atoms with Crippen LogP contribution in [0.15, 0.2) is 53.3 Å². The number of nitrogens with one attached hydrogen (secondary N) is 1. The molecule has 0 saturated carbocycles. The van der Waals surface area contributed by atoms with E-state index in [1.807, 2.05) is 22.8 Å². The molecule has 188 valence electrons. The van der Waals surface area contributed by atoms with Crippen LogP contribution in [0.3, 0.4) is 0 Å². The Morgan fingerprint density at radius 1 is 1.03 bits per heavy atom. The zero-order valence-electron chi connectivity index (χ0n) is 22.0. The zero-order chi connectivity index (χ0) is 24.9. The minimum absolute atomic E-state index is 0.0809. The molecule has 1 aromatic heterocycles. The molecule has 1 N–H and O–H groups in total. The number of benzene rings is 2. The second-order valence-electron chi connectivity index (χ2n) is 10.3. The van der Waals surface area contributed by atoms with E-state index in [0.29, 0.717) is 18.6 Å². The topological polar surface area (TPSA) is 53.4 Å². The van der Waals surface area contributed by atoms with Crippen LogP contribution in [-0.4, -0.2) is 51.6 Å². The summed E-state index contributed by atoms with van der Waals surface area (Å²) >= 11 is 0. The summed E-state index contributed by atoms with van der Waals surface area (Å²) in [5.41, 5.74) is 3.31. The first kappa shape index (κ1) is 25.5. The van der Waals surface area contributed by atoms with Gasteiger partial charge in [-0.2, -0.15) is 0 Å². The second-order valence-corrected chi connectivity index (χ2v) is 10.3. The number of rotatable bonds is 9. The summed E-state index contributed by atoms with van der Waals surface area (Å²) in [4.78, 5) is 23.6. The van der Waals surface area contributed by atoms with Crippen LogP contribution in [0.25, 0.3) is 10.9 Å². The van der Waals surface area contributed by atoms with E-state index in [1.165, 1.54) is 5.56 Å². The predicted molar refractivity (Wildman–Crippen MR) is 145 cm³/mol. The van der Waals surface area contributed by atoms with Gasteiger partial charge in [0.1, 0.15) is 5.82 Å². The van der Waals surface area contributed by atoms with Crippen molar-refractivity contribution in [2.24, 2.45) is 0 Å². The third-order valence-electron chi connectivity index (χ3n) is 7.00. The van der Waals surface area contributed by atoms with Gasteiger partial charge in [0.05, 0.1) is 16.9 Å². The van der Waals surface area contributed by atoms with Gasteiger partial charge in [0.15, 0.2) is 0 Å². The van der Waals surface area contributed by atoms with Gasteiger partial charge < -0.3 is 5.32 Å². The third-order valence-corrected chi connectivity index (χ3v) is 7.00. The lowest BCUT2D eigenvalue weighted by atomic mass is 10.0. The summed E-state index contributed by atoms with van der Waals surface area (Å²) in [5.74, 6) is 0.919. The van der Waals surface area contributed by atoms with Crippen LogP contribution >= 0.6 is 0 Å². The standard InChI is InChI=1S/C29H41N5O/c1-6-11-27(33-17-21(3)30-22(4)18-33)28-31-26-15-14-24(16-25(26)29(35)34(28)7-2)20-32(5)19-23-12-9-8-10-13-23/h8-10,12-16,21-22,27,30H,6-7,11,17-20H2,1-5H3/t21-,22+,27?. The number of aromatic nitrogens is 2. The van der Waals surface area contributed by atoms with Crippen molar-refractivity contribution in [1.82, 2.24) is 24.7 Å². The Morgan fingerprint density at radius 3 is 2.37 bits per heavy atom. The first-order valence-electron chi connectivity index (χ1n) is 13.2. The van der Waals surface area contributed by atoms with E-state index in [2.05, 4.69) is 80.2 Å². The molecule has 1 aliphatic heterocycles. The lowest BCUT2D eigenvalue weighted by Crippen LogP contribution is -2.55. The van der Waals surface area contributed by atoms with Gasteiger partial charge in [-0.1, -0.05) is 49.7 Å². The van der Waals surface area contributed by atoms with Crippen LogP contribution in [0.5, 0.6) is 0 Å². The first-order chi connectivity index (χ1) is 16.9. The molecule has 3 aromatic rings. The maximum absolute atomic E-state index is 13.7. The Morgan fingerprint density at radius 2 is 1.71 bits per heavy atom. The molecule has 0 aliphatic carbocycles. The number of hydrogen-bond acceptors (Lipinski definition) is 5. The Labute approximate surface area is 210 Å². The molecule has 4 rings (SSSR count). The van der Waals surface area contributed by atoms with E-state index in [1.54, 1.807) is 0 Å². The molecule has 1 saturated heterocycles. The lowest BCUT2D eigenvalue weighted by molar-refractivity contribution is 0.109. The lowest BCUT2D eigenvalue weighted by Gasteiger charge is -2.41. The monoisotopic (exact) mass is 475 g/mol. The molecule has 0 radical (unpaired) electrons. The highest BCUT2D eigenvalue weighted by Gasteiger charge is 2.30. The van der Waals surface area contributed by atoms with Crippen molar-refractivity contribution >= 4 is 10.9 Å². The van der Waals surface area contributed by atoms with E-state index in [4.69, 9.17) is 4.98 Å². The molecule has 2 aromatic carbocycles. The molecular formula is C29H41N5O. The molecule has 1 unspecified atom stereocenters. The molecule has 2 heterocycles. The summed E-state index contributed by atoms with van der Waals surface area (Å²) in [6.07, 6.45) is 2.06. The quantitative estimate of drug-likeness (QED) is 0.491. The van der Waals surface area contributed by atoms with E-state index in [0.717, 1.165) is 61.3 Å². The molecule has 0 spiro atoms. The van der Waals surface area contributed by atoms with E-state index < -0.39 is 0 Å². The summed E-state index contributed by atoms with van der Waals surface area (Å²) < 4.78 is 1.91. The van der Waals surface area contributed by atoms with Crippen molar-refractivity contribution in [3.05, 3.63) is 75.8 Å². The third kappa shape index (κ3) is 6.00. The Kier molecular flexibility index (Phi) is 8.37. The van der Waals surface area contributed by atoms with Gasteiger partial charge >= 0.3 is 0 Å². The van der Waals surface area contributed by atoms with Gasteiger partial charge in [0.25, 0.3) is 5.56 Å². The number of nitrogens with zero attached hydrogens (tertiary/aromatic N) is 4. The van der Waals surface area contributed by atoms with Crippen LogP contribution in [0.2, 0.25) is 0 Å². The van der Waals surface area contributed by atoms with Crippen LogP contribution < -0.4 is 10.9 Å². The maximum Gasteiger partial charge on any atom is 0.261 e. The summed E-state index contributed by atoms with van der Waals surface area (Å²) in [7, 11) is 2.12. The Hall–Kier alpha value is -2.54. The average molecular weight is 476 g/mol. The SMILES string of the molecule is CCCC(c1nc2ccc(CN(C)Cc3ccccc3)cc2c(=O)n1CC)N1C[C@@H](C)N[C@@H](C)C1. The molecule has 0 amide bonds. The number of hydrogen-bond donors (Lipinski definition) is 1. The summed E-state index contributed by atoms with van der Waals surface area (Å²) in [5, 5.41) is 4.35. The Balaban J connectivity index is 1.65. The molecule has 1 fully saturated rings. The highest BCUT2D eigenvalue weighted by atomic mass is 16.1. The van der Waals surface area contributed by atoms with Gasteiger partial charge in [0, 0.05) is 44.8 Å². The van der Waals surface area contributed by atoms with Gasteiger partial charge in [-0.25, -0.2) is 4.98 Å². The first-order valence-corrected chi connectivity index (χ1v) is 13.2. The van der Waals surface area contributed by atoms with Crippen molar-refractivity contribution in [1.29, 1.82) is 0 Å². The number of fused-ring (bicyclic) bond motifs is 1. The van der Waals surface area contributed by atoms with Crippen molar-refractivity contribution in [3.8, 4) is 0 Å². The van der Waals surface area contributed by atoms with Gasteiger partial charge in [-0.15, -0.1) is 0 Å². The predicted octanol–water partition coefficient (Wildman–Crippen LogP) is 4.57. The van der Waals surface area contributed by atoms with Crippen molar-refractivity contribution in [2.45, 2.75) is 78.3 Å². The zero-order valence-corrected chi connectivity index (χ0v) is 22.0. The normalized spacial score (nSPS) is 19.9. The van der Waals surface area contributed by atoms with Crippen molar-refractivity contribution < 1.29 is 0 Å². The smallest absolute Gasteiger partial charge is 0.261 e. The molecule has 6 nitrogen and oxygen atoms in total. The van der Waals surface area contributed by atoms with E-state index in [9.17, 15) is 4.79 Å². The highest BCUT2D eigenvalue weighted by molar-refractivity contribution is 5.78. The molecular weight excluding hydrogens is 434 g/mol. The van der Waals surface area contributed by atoms with E-state index >= 15 is 0 Å². The minimum atomic E-state index is 0.0809. The van der Waals surface area contributed by atoms with E-state index in [-0.39, 0.29) is 11.6 Å². The van der Waals surface area contributed by atoms with Crippen LogP contribution in [-0.2, 0) is 19.6 Å². The minimum Gasteiger partial charge on any atom is -0.309 e. The van der Waals surface area contributed by atoms with Gasteiger partial charge in [-0.05, 0) is 57.5 Å². The number of piperazine rings is 1. The second kappa shape index (κ2) is 11.5. The van der Waals surface area contributed by atoms with Gasteiger partial charge in [-0.3, -0.25) is 19.2 Å². The molecule has 35 heavy (non-hydrogen) atoms. The summed E-state index contributed by atoms with van der Waals surface area (Å²) in [6.45, 7) is 13.0. The fourth-order valence-corrected chi connectivity index (χ4v) is 5.58. The molecule has 6 heteroatoms. The Bertz CT molecular complexity index is 1160. The molecule has 3 atom stereocenters. The largest absolute Gasteiger partial charge is 0.309 e.